The van der Waals surface area contributed by atoms with Gasteiger partial charge in [0.05, 0.1) is 23.1 Å². The van der Waals surface area contributed by atoms with Crippen LogP contribution >= 0.6 is 0 Å². The minimum Gasteiger partial charge on any atom is -0.350 e. The summed E-state index contributed by atoms with van der Waals surface area (Å²) in [6.07, 6.45) is 4.19. The van der Waals surface area contributed by atoms with Crippen molar-refractivity contribution < 1.29 is 14.5 Å². The minimum absolute atomic E-state index is 0.00279. The molecule has 2 amide bonds. The molecular weight excluding hydrogens is 324 g/mol. The molecule has 0 spiro atoms. The maximum absolute atomic E-state index is 12.3. The van der Waals surface area contributed by atoms with E-state index in [1.165, 1.54) is 12.1 Å². The maximum atomic E-state index is 12.3. The van der Waals surface area contributed by atoms with Crippen molar-refractivity contribution in [3.63, 3.8) is 0 Å². The Labute approximate surface area is 145 Å². The predicted molar refractivity (Wildman–Crippen MR) is 92.2 cm³/mol. The Hall–Kier alpha value is -2.48. The highest BCUT2D eigenvalue weighted by molar-refractivity contribution is 5.96. The van der Waals surface area contributed by atoms with Gasteiger partial charge in [-0.05, 0) is 25.3 Å². The minimum atomic E-state index is -0.571. The number of nitrogens with one attached hydrogen (secondary N) is 3. The Morgan fingerprint density at radius 1 is 1.32 bits per heavy atom. The van der Waals surface area contributed by atoms with Gasteiger partial charge in [0.15, 0.2) is 0 Å². The molecule has 3 rings (SSSR count). The molecule has 25 heavy (non-hydrogen) atoms. The number of carbonyl (C=O) groups is 2. The number of nitro benzene ring substituents is 1. The Bertz CT molecular complexity index is 706. The van der Waals surface area contributed by atoms with Gasteiger partial charge < -0.3 is 16.0 Å². The van der Waals surface area contributed by atoms with Crippen molar-refractivity contribution >= 4 is 23.2 Å². The summed E-state index contributed by atoms with van der Waals surface area (Å²) in [5.41, 5.74) is 1.04. The number of benzene rings is 1. The van der Waals surface area contributed by atoms with E-state index >= 15 is 0 Å². The van der Waals surface area contributed by atoms with Gasteiger partial charge >= 0.3 is 0 Å². The van der Waals surface area contributed by atoms with Crippen LogP contribution in [0.2, 0.25) is 0 Å². The van der Waals surface area contributed by atoms with E-state index in [0.717, 1.165) is 31.2 Å². The van der Waals surface area contributed by atoms with Crippen molar-refractivity contribution in [2.75, 3.05) is 5.32 Å². The van der Waals surface area contributed by atoms with E-state index in [1.54, 1.807) is 13.0 Å². The number of piperazine rings is 1. The molecule has 1 aliphatic heterocycles. The topological polar surface area (TPSA) is 113 Å². The van der Waals surface area contributed by atoms with E-state index in [1.807, 2.05) is 0 Å². The fourth-order valence-corrected chi connectivity index (χ4v) is 3.52. The van der Waals surface area contributed by atoms with Gasteiger partial charge in [-0.3, -0.25) is 19.7 Å². The SMILES string of the molecule is Cc1ccc([N+](=O)[O-])cc1NC(=O)C[C@@H]1N[C@H]2CCCC[C@@H]2NC1=O. The Morgan fingerprint density at radius 3 is 2.76 bits per heavy atom. The summed E-state index contributed by atoms with van der Waals surface area (Å²) in [6, 6.07) is 4.11. The highest BCUT2D eigenvalue weighted by atomic mass is 16.6. The first-order valence-corrected chi connectivity index (χ1v) is 8.55. The first kappa shape index (κ1) is 17.3. The molecule has 3 N–H and O–H groups in total. The van der Waals surface area contributed by atoms with Crippen LogP contribution in [0.5, 0.6) is 0 Å². The van der Waals surface area contributed by atoms with Crippen LogP contribution in [-0.2, 0) is 9.59 Å². The highest BCUT2D eigenvalue weighted by Crippen LogP contribution is 2.24. The average molecular weight is 346 g/mol. The van der Waals surface area contributed by atoms with E-state index in [2.05, 4.69) is 16.0 Å². The lowest BCUT2D eigenvalue weighted by atomic mass is 9.87. The molecular formula is C17H22N4O4. The normalized spacial score (nSPS) is 25.6. The zero-order chi connectivity index (χ0) is 18.0. The Morgan fingerprint density at radius 2 is 2.04 bits per heavy atom. The fraction of sp³-hybridized carbons (Fsp3) is 0.529. The average Bonchev–Trinajstić information content (AvgIpc) is 2.57. The lowest BCUT2D eigenvalue weighted by molar-refractivity contribution is -0.384. The molecule has 0 unspecified atom stereocenters. The number of fused-ring (bicyclic) bond motifs is 1. The van der Waals surface area contributed by atoms with Crippen LogP contribution in [0.3, 0.4) is 0 Å². The zero-order valence-corrected chi connectivity index (χ0v) is 14.1. The molecule has 1 heterocycles. The van der Waals surface area contributed by atoms with Gasteiger partial charge in [-0.1, -0.05) is 18.9 Å². The summed E-state index contributed by atoms with van der Waals surface area (Å²) in [6.45, 7) is 1.76. The Balaban J connectivity index is 1.63. The van der Waals surface area contributed by atoms with E-state index in [9.17, 15) is 19.7 Å². The van der Waals surface area contributed by atoms with Crippen molar-refractivity contribution in [1.82, 2.24) is 10.6 Å². The predicted octanol–water partition coefficient (Wildman–Crippen LogP) is 1.63. The van der Waals surface area contributed by atoms with Crippen molar-refractivity contribution in [2.24, 2.45) is 0 Å². The van der Waals surface area contributed by atoms with Crippen molar-refractivity contribution in [3.8, 4) is 0 Å². The quantitative estimate of drug-likeness (QED) is 0.566. The number of carbonyl (C=O) groups excluding carboxylic acids is 2. The monoisotopic (exact) mass is 346 g/mol. The second-order valence-electron chi connectivity index (χ2n) is 6.73. The van der Waals surface area contributed by atoms with Crippen LogP contribution < -0.4 is 16.0 Å². The van der Waals surface area contributed by atoms with Gasteiger partial charge in [0.1, 0.15) is 0 Å². The third-order valence-electron chi connectivity index (χ3n) is 4.92. The molecule has 1 aliphatic carbocycles. The van der Waals surface area contributed by atoms with E-state index in [-0.39, 0.29) is 36.0 Å². The molecule has 1 aromatic carbocycles. The van der Waals surface area contributed by atoms with Crippen LogP contribution in [0.4, 0.5) is 11.4 Å². The molecule has 2 fully saturated rings. The summed E-state index contributed by atoms with van der Waals surface area (Å²) in [5.74, 6) is -0.500. The zero-order valence-electron chi connectivity index (χ0n) is 14.1. The molecule has 0 aromatic heterocycles. The summed E-state index contributed by atoms with van der Waals surface area (Å²) in [4.78, 5) is 34.9. The van der Waals surface area contributed by atoms with Gasteiger partial charge in [0.25, 0.3) is 5.69 Å². The third-order valence-corrected chi connectivity index (χ3v) is 4.92. The number of amides is 2. The number of hydrogen-bond donors (Lipinski definition) is 3. The smallest absolute Gasteiger partial charge is 0.271 e. The van der Waals surface area contributed by atoms with E-state index in [0.29, 0.717) is 5.69 Å². The molecule has 2 aliphatic rings. The largest absolute Gasteiger partial charge is 0.350 e. The number of nitrogens with zero attached hydrogens (tertiary/aromatic N) is 1. The second kappa shape index (κ2) is 7.18. The van der Waals surface area contributed by atoms with E-state index < -0.39 is 11.0 Å². The number of nitro groups is 1. The molecule has 1 saturated carbocycles. The van der Waals surface area contributed by atoms with Crippen molar-refractivity contribution in [2.45, 2.75) is 57.2 Å². The lowest BCUT2D eigenvalue weighted by Crippen LogP contribution is -2.65. The van der Waals surface area contributed by atoms with Crippen LogP contribution in [0.1, 0.15) is 37.7 Å². The first-order chi connectivity index (χ1) is 11.9. The number of hydrogen-bond acceptors (Lipinski definition) is 5. The van der Waals surface area contributed by atoms with Crippen molar-refractivity contribution in [1.29, 1.82) is 0 Å². The third kappa shape index (κ3) is 3.96. The van der Waals surface area contributed by atoms with Crippen LogP contribution in [0.15, 0.2) is 18.2 Å². The fourth-order valence-electron chi connectivity index (χ4n) is 3.52. The van der Waals surface area contributed by atoms with Gasteiger partial charge in [-0.2, -0.15) is 0 Å². The number of aryl methyl sites for hydroxylation is 1. The Kier molecular flexibility index (Phi) is 4.98. The first-order valence-electron chi connectivity index (χ1n) is 8.55. The van der Waals surface area contributed by atoms with Crippen LogP contribution in [0.25, 0.3) is 0 Å². The molecule has 134 valence electrons. The van der Waals surface area contributed by atoms with Gasteiger partial charge in [-0.15, -0.1) is 0 Å². The standard InChI is InChI=1S/C17H22N4O4/c1-10-6-7-11(21(24)25)8-14(10)19-16(22)9-15-17(23)20-13-5-3-2-4-12(13)18-15/h6-8,12-13,15,18H,2-5,9H2,1H3,(H,19,22)(H,20,23)/t12-,13-,15-/m0/s1. The highest BCUT2D eigenvalue weighted by Gasteiger charge is 2.37. The number of non-ortho nitro benzene ring substituents is 1. The van der Waals surface area contributed by atoms with Gasteiger partial charge in [-0.25, -0.2) is 0 Å². The van der Waals surface area contributed by atoms with Crippen LogP contribution in [-0.4, -0.2) is 34.9 Å². The lowest BCUT2D eigenvalue weighted by Gasteiger charge is -2.40. The molecule has 1 aromatic rings. The van der Waals surface area contributed by atoms with Crippen molar-refractivity contribution in [3.05, 3.63) is 33.9 Å². The van der Waals surface area contributed by atoms with E-state index in [4.69, 9.17) is 0 Å². The number of anilines is 1. The molecule has 3 atom stereocenters. The van der Waals surface area contributed by atoms with Gasteiger partial charge in [0, 0.05) is 24.2 Å². The number of rotatable bonds is 4. The summed E-state index contributed by atoms with van der Waals surface area (Å²) >= 11 is 0. The molecule has 0 radical (unpaired) electrons. The van der Waals surface area contributed by atoms with Crippen LogP contribution in [0, 0.1) is 17.0 Å². The molecule has 0 bridgehead atoms. The summed E-state index contributed by atoms with van der Waals surface area (Å²) in [7, 11) is 0. The summed E-state index contributed by atoms with van der Waals surface area (Å²) in [5, 5.41) is 19.8. The molecule has 8 heteroatoms. The molecule has 8 nitrogen and oxygen atoms in total. The maximum Gasteiger partial charge on any atom is 0.271 e. The second-order valence-corrected chi connectivity index (χ2v) is 6.73. The summed E-state index contributed by atoms with van der Waals surface area (Å²) < 4.78 is 0. The van der Waals surface area contributed by atoms with Gasteiger partial charge in [0.2, 0.25) is 11.8 Å². The molecule has 1 saturated heterocycles.